The number of nitrogens with zero attached hydrogens (tertiary/aromatic N) is 1. The van der Waals surface area contributed by atoms with Crippen LogP contribution in [0.1, 0.15) is 11.1 Å². The molecule has 2 rings (SSSR count). The molecule has 3 N–H and O–H groups in total. The molecule has 5 nitrogen and oxygen atoms in total. The van der Waals surface area contributed by atoms with E-state index in [0.29, 0.717) is 23.1 Å². The summed E-state index contributed by atoms with van der Waals surface area (Å²) in [5, 5.41) is 4.67. The number of nitrogens with two attached hydrogens (primary N) is 1. The Bertz CT molecular complexity index is 722. The molecule has 0 fully saturated rings. The molecule has 0 spiro atoms. The summed E-state index contributed by atoms with van der Waals surface area (Å²) in [6, 6.07) is 13.0. The van der Waals surface area contributed by atoms with Gasteiger partial charge in [0.2, 0.25) is 0 Å². The summed E-state index contributed by atoms with van der Waals surface area (Å²) >= 11 is 10.8. The number of rotatable bonds is 6. The number of nitrogens with one attached hydrogen (secondary N) is 1. The average molecular weight is 350 g/mol. The average Bonchev–Trinajstić information content (AvgIpc) is 2.54. The molecule has 0 atom stereocenters. The molecule has 0 saturated heterocycles. The van der Waals surface area contributed by atoms with Gasteiger partial charge in [-0.3, -0.25) is 5.43 Å². The molecule has 0 heterocycles. The highest BCUT2D eigenvalue weighted by atomic mass is 35.5. The van der Waals surface area contributed by atoms with Crippen molar-refractivity contribution in [1.29, 1.82) is 0 Å². The maximum atomic E-state index is 6.13. The topological polar surface area (TPSA) is 68.9 Å². The minimum atomic E-state index is 0.102. The van der Waals surface area contributed by atoms with Gasteiger partial charge in [0.1, 0.15) is 6.61 Å². The van der Waals surface area contributed by atoms with Crippen LogP contribution in [0.5, 0.6) is 11.5 Å². The Balaban J connectivity index is 2.14. The van der Waals surface area contributed by atoms with Crippen molar-refractivity contribution >= 4 is 35.1 Å². The van der Waals surface area contributed by atoms with Crippen molar-refractivity contribution in [2.75, 3.05) is 7.11 Å². The molecule has 23 heavy (non-hydrogen) atoms. The number of ether oxygens (including phenoxy) is 2. The minimum absolute atomic E-state index is 0.102. The lowest BCUT2D eigenvalue weighted by Gasteiger charge is -2.12. The normalized spacial score (nSPS) is 10.5. The fourth-order valence-corrected chi connectivity index (χ4v) is 2.07. The first-order valence-electron chi connectivity index (χ1n) is 6.73. The predicted molar refractivity (Wildman–Crippen MR) is 96.3 cm³/mol. The second kappa shape index (κ2) is 8.36. The van der Waals surface area contributed by atoms with E-state index in [4.69, 9.17) is 26.8 Å². The summed E-state index contributed by atoms with van der Waals surface area (Å²) in [5.74, 6) is 1.21. The summed E-state index contributed by atoms with van der Waals surface area (Å²) in [6.07, 6.45) is 1.58. The van der Waals surface area contributed by atoms with Crippen LogP contribution in [0.25, 0.3) is 0 Å². The molecule has 0 radical (unpaired) electrons. The van der Waals surface area contributed by atoms with E-state index in [1.807, 2.05) is 30.3 Å². The van der Waals surface area contributed by atoms with E-state index >= 15 is 0 Å². The van der Waals surface area contributed by atoms with Crippen LogP contribution >= 0.6 is 23.8 Å². The lowest BCUT2D eigenvalue weighted by molar-refractivity contribution is 0.284. The molecule has 7 heteroatoms. The first-order valence-corrected chi connectivity index (χ1v) is 7.51. The number of hydrogen-bond donors (Lipinski definition) is 2. The Hall–Kier alpha value is -2.31. The van der Waals surface area contributed by atoms with Crippen molar-refractivity contribution in [3.05, 3.63) is 58.6 Å². The fourth-order valence-electron chi connectivity index (χ4n) is 1.83. The van der Waals surface area contributed by atoms with Gasteiger partial charge in [0.25, 0.3) is 0 Å². The van der Waals surface area contributed by atoms with Gasteiger partial charge in [-0.2, -0.15) is 5.10 Å². The third-order valence-electron chi connectivity index (χ3n) is 2.92. The predicted octanol–water partition coefficient (Wildman–Crippen LogP) is 3.09. The quantitative estimate of drug-likeness (QED) is 0.476. The third-order valence-corrected chi connectivity index (χ3v) is 3.38. The monoisotopic (exact) mass is 349 g/mol. The lowest BCUT2D eigenvalue weighted by atomic mass is 10.2. The van der Waals surface area contributed by atoms with Crippen LogP contribution in [0.15, 0.2) is 47.6 Å². The van der Waals surface area contributed by atoms with Gasteiger partial charge in [0.15, 0.2) is 16.6 Å². The van der Waals surface area contributed by atoms with Crippen molar-refractivity contribution in [3.8, 4) is 11.5 Å². The number of thiocarbonyl (C=S) groups is 1. The van der Waals surface area contributed by atoms with Crippen molar-refractivity contribution in [1.82, 2.24) is 5.43 Å². The number of benzene rings is 2. The summed E-state index contributed by atoms with van der Waals surface area (Å²) in [5.41, 5.74) is 9.51. The second-order valence-electron chi connectivity index (χ2n) is 4.52. The number of methoxy groups -OCH3 is 1. The summed E-state index contributed by atoms with van der Waals surface area (Å²) in [7, 11) is 1.58. The SMILES string of the molecule is COc1ccc(C=NNC(N)=S)cc1OCc1ccccc1Cl. The third kappa shape index (κ3) is 5.12. The number of hydrazone groups is 1. The van der Waals surface area contributed by atoms with Crippen LogP contribution in [0.4, 0.5) is 0 Å². The molecule has 0 amide bonds. The van der Waals surface area contributed by atoms with E-state index in [0.717, 1.165) is 11.1 Å². The van der Waals surface area contributed by atoms with E-state index in [-0.39, 0.29) is 5.11 Å². The molecule has 2 aromatic carbocycles. The van der Waals surface area contributed by atoms with Gasteiger partial charge in [-0.15, -0.1) is 0 Å². The van der Waals surface area contributed by atoms with Crippen LogP contribution < -0.4 is 20.6 Å². The molecule has 0 aliphatic carbocycles. The van der Waals surface area contributed by atoms with E-state index in [9.17, 15) is 0 Å². The molecule has 0 aromatic heterocycles. The van der Waals surface area contributed by atoms with Crippen LogP contribution in [0.3, 0.4) is 0 Å². The molecule has 0 aliphatic rings. The molecule has 2 aromatic rings. The van der Waals surface area contributed by atoms with E-state index in [1.165, 1.54) is 0 Å². The first-order chi connectivity index (χ1) is 11.1. The van der Waals surface area contributed by atoms with E-state index in [2.05, 4.69) is 22.7 Å². The minimum Gasteiger partial charge on any atom is -0.493 e. The summed E-state index contributed by atoms with van der Waals surface area (Å²) < 4.78 is 11.1. The van der Waals surface area contributed by atoms with Gasteiger partial charge in [0, 0.05) is 10.6 Å². The Morgan fingerprint density at radius 1 is 1.30 bits per heavy atom. The molecule has 0 unspecified atom stereocenters. The zero-order valence-electron chi connectivity index (χ0n) is 12.5. The highest BCUT2D eigenvalue weighted by Gasteiger charge is 2.07. The Morgan fingerprint density at radius 3 is 2.78 bits per heavy atom. The van der Waals surface area contributed by atoms with Crippen LogP contribution in [-0.4, -0.2) is 18.4 Å². The maximum absolute atomic E-state index is 6.13. The molecule has 0 aliphatic heterocycles. The zero-order chi connectivity index (χ0) is 16.7. The second-order valence-corrected chi connectivity index (χ2v) is 5.37. The maximum Gasteiger partial charge on any atom is 0.184 e. The van der Waals surface area contributed by atoms with Gasteiger partial charge in [-0.1, -0.05) is 29.8 Å². The molecular weight excluding hydrogens is 334 g/mol. The van der Waals surface area contributed by atoms with Crippen molar-refractivity contribution in [2.45, 2.75) is 6.61 Å². The van der Waals surface area contributed by atoms with Gasteiger partial charge in [-0.05, 0) is 42.0 Å². The molecule has 0 bridgehead atoms. The van der Waals surface area contributed by atoms with E-state index < -0.39 is 0 Å². The smallest absolute Gasteiger partial charge is 0.184 e. The van der Waals surface area contributed by atoms with Crippen molar-refractivity contribution in [2.24, 2.45) is 10.8 Å². The summed E-state index contributed by atoms with van der Waals surface area (Å²) in [6.45, 7) is 0.335. The molecule has 0 saturated carbocycles. The Morgan fingerprint density at radius 2 is 2.09 bits per heavy atom. The molecule has 120 valence electrons. The van der Waals surface area contributed by atoms with Gasteiger partial charge in [-0.25, -0.2) is 0 Å². The van der Waals surface area contributed by atoms with Crippen LogP contribution in [0, 0.1) is 0 Å². The zero-order valence-corrected chi connectivity index (χ0v) is 14.0. The largest absolute Gasteiger partial charge is 0.493 e. The first kappa shape index (κ1) is 17.1. The van der Waals surface area contributed by atoms with Gasteiger partial charge >= 0.3 is 0 Å². The fraction of sp³-hybridized carbons (Fsp3) is 0.125. The Labute approximate surface area is 145 Å². The summed E-state index contributed by atoms with van der Waals surface area (Å²) in [4.78, 5) is 0. The lowest BCUT2D eigenvalue weighted by Crippen LogP contribution is -2.23. The number of halogens is 1. The van der Waals surface area contributed by atoms with Crippen LogP contribution in [0.2, 0.25) is 5.02 Å². The van der Waals surface area contributed by atoms with Gasteiger partial charge < -0.3 is 15.2 Å². The highest BCUT2D eigenvalue weighted by molar-refractivity contribution is 7.80. The van der Waals surface area contributed by atoms with E-state index in [1.54, 1.807) is 25.5 Å². The molecular formula is C16H16ClN3O2S. The highest BCUT2D eigenvalue weighted by Crippen LogP contribution is 2.29. The van der Waals surface area contributed by atoms with Crippen molar-refractivity contribution in [3.63, 3.8) is 0 Å². The van der Waals surface area contributed by atoms with Crippen molar-refractivity contribution < 1.29 is 9.47 Å². The Kier molecular flexibility index (Phi) is 6.19. The van der Waals surface area contributed by atoms with Crippen LogP contribution in [-0.2, 0) is 6.61 Å². The van der Waals surface area contributed by atoms with Gasteiger partial charge in [0.05, 0.1) is 13.3 Å². The number of hydrogen-bond acceptors (Lipinski definition) is 4. The standard InChI is InChI=1S/C16H16ClN3O2S/c1-21-14-7-6-11(9-19-20-16(18)23)8-15(14)22-10-12-4-2-3-5-13(12)17/h2-9H,10H2,1H3,(H3,18,20,23).